The van der Waals surface area contributed by atoms with E-state index in [1.807, 2.05) is 101 Å². The van der Waals surface area contributed by atoms with Crippen molar-refractivity contribution in [2.24, 2.45) is 11.1 Å². The molecule has 3 aliphatic rings. The summed E-state index contributed by atoms with van der Waals surface area (Å²) in [4.78, 5) is 139. The van der Waals surface area contributed by atoms with Gasteiger partial charge in [0.2, 0.25) is 35.4 Å². The zero-order valence-corrected chi connectivity index (χ0v) is 51.9. The summed E-state index contributed by atoms with van der Waals surface area (Å²) in [6.07, 6.45) is 2.98. The van der Waals surface area contributed by atoms with Gasteiger partial charge in [-0.25, -0.2) is 4.98 Å². The summed E-state index contributed by atoms with van der Waals surface area (Å²) in [5, 5.41) is 26.1. The van der Waals surface area contributed by atoms with Gasteiger partial charge in [-0.05, 0) is 134 Å². The van der Waals surface area contributed by atoms with E-state index in [2.05, 4.69) is 36.6 Å². The number of aryl methyl sites for hydroxylation is 4. The summed E-state index contributed by atoms with van der Waals surface area (Å²) < 4.78 is 11.6. The molecule has 0 spiro atoms. The monoisotopic (exact) mass is 1240 g/mol. The van der Waals surface area contributed by atoms with Gasteiger partial charge in [-0.2, -0.15) is 0 Å². The Labute approximate surface area is 514 Å². The van der Waals surface area contributed by atoms with Gasteiger partial charge in [-0.3, -0.25) is 42.9 Å². The van der Waals surface area contributed by atoms with Crippen LogP contribution in [0.1, 0.15) is 139 Å². The number of aliphatic hydroxyl groups is 1. The Balaban J connectivity index is 0.771. The Hall–Kier alpha value is -8.08. The number of rotatable bonds is 23. The highest BCUT2D eigenvalue weighted by Crippen LogP contribution is 2.41. The average Bonchev–Trinajstić information content (AvgIpc) is 2.04. The maximum Gasteiger partial charge on any atom is 0.396 e. The van der Waals surface area contributed by atoms with Crippen molar-refractivity contribution in [3.05, 3.63) is 135 Å². The lowest BCUT2D eigenvalue weighted by Crippen LogP contribution is -2.57. The van der Waals surface area contributed by atoms with Gasteiger partial charge in [0.1, 0.15) is 29.9 Å². The van der Waals surface area contributed by atoms with Crippen molar-refractivity contribution in [1.29, 1.82) is 0 Å². The number of hydrogen-bond donors (Lipinski definition) is 10. The first kappa shape index (κ1) is 64.4. The molecular weight excluding hydrogens is 1160 g/mol. The predicted octanol–water partition coefficient (Wildman–Crippen LogP) is 6.56. The molecule has 0 radical (unpaired) electrons. The number of para-hydroxylation sites is 1. The molecule has 1 saturated heterocycles. The number of unbranched alkanes of at least 4 members (excludes halogenated alkanes) is 2. The molecule has 7 amide bonds. The van der Waals surface area contributed by atoms with Gasteiger partial charge in [-0.15, -0.1) is 11.3 Å². The van der Waals surface area contributed by atoms with Crippen LogP contribution in [0.15, 0.2) is 90.4 Å². The molecule has 1 fully saturated rings. The van der Waals surface area contributed by atoms with Crippen LogP contribution in [0, 0.1) is 19.3 Å². The van der Waals surface area contributed by atoms with E-state index in [9.17, 15) is 57.8 Å². The fraction of sp³-hybridized carbons (Fsp3) is 0.422. The molecule has 5 heterocycles. The molecule has 0 saturated carbocycles. The lowest BCUT2D eigenvalue weighted by molar-refractivity contribution is -0.144. The quantitative estimate of drug-likeness (QED) is 0.0240. The summed E-state index contributed by atoms with van der Waals surface area (Å²) >= 11 is 1.56. The van der Waals surface area contributed by atoms with Crippen LogP contribution in [0.4, 0.5) is 11.4 Å². The Kier molecular flexibility index (Phi) is 19.8. The first-order valence-corrected chi connectivity index (χ1v) is 32.2. The number of hydrogen-bond acceptors (Lipinski definition) is 13. The molecule has 9 rings (SSSR count). The first-order chi connectivity index (χ1) is 41.7. The third kappa shape index (κ3) is 15.4. The smallest absolute Gasteiger partial charge is 0.391 e. The Morgan fingerprint density at radius 1 is 0.852 bits per heavy atom. The van der Waals surface area contributed by atoms with Gasteiger partial charge in [0, 0.05) is 72.7 Å². The summed E-state index contributed by atoms with van der Waals surface area (Å²) in [7, 11) is -5.03. The number of anilines is 2. The molecule has 24 heteroatoms. The Bertz CT molecular complexity index is 3700. The fourth-order valence-electron chi connectivity index (χ4n) is 12.1. The summed E-state index contributed by atoms with van der Waals surface area (Å²) in [5.74, 6) is -3.27. The summed E-state index contributed by atoms with van der Waals surface area (Å²) in [6, 6.07) is 20.2. The average molecular weight is 1240 g/mol. The lowest BCUT2D eigenvalue weighted by Gasteiger charge is -2.35. The third-order valence-corrected chi connectivity index (χ3v) is 18.4. The van der Waals surface area contributed by atoms with Crippen molar-refractivity contribution >= 4 is 88.1 Å². The van der Waals surface area contributed by atoms with E-state index in [-0.39, 0.29) is 62.0 Å². The Morgan fingerprint density at radius 3 is 2.30 bits per heavy atom. The number of likely N-dealkylation sites (tertiary alicyclic amines) is 1. The molecule has 466 valence electrons. The molecule has 0 bridgehead atoms. The van der Waals surface area contributed by atoms with Gasteiger partial charge < -0.3 is 62.0 Å². The number of nitrogens with one attached hydrogen (secondary N) is 6. The van der Waals surface area contributed by atoms with E-state index in [0.29, 0.717) is 61.5 Å². The van der Waals surface area contributed by atoms with Crippen molar-refractivity contribution in [3.8, 4) is 10.4 Å². The standard InChI is InChI=1S/C64H77N10O12PS/c1-35-25-38(11-8-7-9-14-54(77)72-57(64(4,5)6)62(82)74-33-47(75)31-52(74)60(80)67-36(2)39-15-17-41(18-16-39)56-37(3)66-34-88-56)27-46(26-35)69-58(78)49(23-24-53(65)76)71-61(81)51-30-42-13-10-12-40-19-21-45(32-73(51)55(40)42)68-59(79)50-29-44-28-43(20-22-48(44)70-50)63(83)87(84,85)86/h10,12-13,15-18,20,22,25-29,34,36,45,47,49,51-52,57,70,75H,7-9,11,14,19,21,23-24,30-33H2,1-6H3,(H2,65,76)(H,67,80)(H,68,79)(H,69,78)(H,71,81)(H,72,77)(H2,84,85,86)/t36-,45-,47+,49-,51-,52-,57+/m0/s1. The molecule has 0 aliphatic carbocycles. The van der Waals surface area contributed by atoms with Crippen molar-refractivity contribution in [2.75, 3.05) is 23.3 Å². The molecule has 3 aliphatic heterocycles. The number of carbonyl (C=O) groups is 8. The van der Waals surface area contributed by atoms with Crippen molar-refractivity contribution in [2.45, 2.75) is 155 Å². The molecule has 0 unspecified atom stereocenters. The van der Waals surface area contributed by atoms with E-state index in [0.717, 1.165) is 49.6 Å². The Morgan fingerprint density at radius 2 is 1.59 bits per heavy atom. The minimum Gasteiger partial charge on any atom is -0.391 e. The van der Waals surface area contributed by atoms with E-state index < -0.39 is 90.3 Å². The third-order valence-electron chi connectivity index (χ3n) is 16.6. The predicted molar refractivity (Wildman–Crippen MR) is 334 cm³/mol. The second-order valence-electron chi connectivity index (χ2n) is 24.5. The highest BCUT2D eigenvalue weighted by molar-refractivity contribution is 7.70. The van der Waals surface area contributed by atoms with Crippen molar-refractivity contribution < 1.29 is 57.8 Å². The van der Waals surface area contributed by atoms with Gasteiger partial charge >= 0.3 is 7.60 Å². The molecule has 7 atom stereocenters. The van der Waals surface area contributed by atoms with Crippen LogP contribution in [0.25, 0.3) is 21.3 Å². The number of fused-ring (bicyclic) bond motifs is 1. The second kappa shape index (κ2) is 27.1. The topological polar surface area (TPSA) is 336 Å². The van der Waals surface area contributed by atoms with Crippen LogP contribution >= 0.6 is 18.9 Å². The van der Waals surface area contributed by atoms with Gasteiger partial charge in [0.25, 0.3) is 11.4 Å². The SMILES string of the molecule is Cc1cc(CCCCCC(=O)N[C@H](C(=O)N2C[C@H](O)C[C@H]2C(=O)N[C@@H](C)c2ccc(-c3scnc3C)cc2)C(C)(C)C)cc(NC(=O)[C@H](CCC(N)=O)NC(=O)[C@@H]2Cc3cccc4c3N2C[C@@H](NC(=O)c2cc3cc(C(=O)P(=O)(O)O)ccc3[nH]2)CC4)c1. The maximum absolute atomic E-state index is 14.5. The van der Waals surface area contributed by atoms with Crippen molar-refractivity contribution in [3.63, 3.8) is 0 Å². The fourth-order valence-corrected chi connectivity index (χ4v) is 13.4. The zero-order chi connectivity index (χ0) is 63.4. The number of nitrogens with two attached hydrogens (primary N) is 1. The molecule has 88 heavy (non-hydrogen) atoms. The van der Waals surface area contributed by atoms with E-state index in [1.165, 1.54) is 29.2 Å². The van der Waals surface area contributed by atoms with Crippen LogP contribution in [0.2, 0.25) is 0 Å². The highest BCUT2D eigenvalue weighted by Gasteiger charge is 2.45. The number of H-pyrrole nitrogens is 1. The number of carbonyl (C=O) groups excluding carboxylic acids is 8. The number of benzene rings is 4. The lowest BCUT2D eigenvalue weighted by atomic mass is 9.85. The molecule has 22 nitrogen and oxygen atoms in total. The van der Waals surface area contributed by atoms with E-state index in [4.69, 9.17) is 5.73 Å². The van der Waals surface area contributed by atoms with Crippen molar-refractivity contribution in [1.82, 2.24) is 36.1 Å². The van der Waals surface area contributed by atoms with E-state index >= 15 is 0 Å². The van der Waals surface area contributed by atoms with Crippen LogP contribution in [-0.2, 0) is 52.6 Å². The molecule has 2 aromatic heterocycles. The molecule has 4 aromatic carbocycles. The first-order valence-electron chi connectivity index (χ1n) is 29.7. The minimum atomic E-state index is -5.03. The number of primary amides is 1. The zero-order valence-electron chi connectivity index (χ0n) is 50.2. The second-order valence-corrected chi connectivity index (χ2v) is 26.9. The van der Waals surface area contributed by atoms with Crippen LogP contribution in [0.5, 0.6) is 0 Å². The largest absolute Gasteiger partial charge is 0.396 e. The number of β-amino-alcohol motifs (C(OH)–C–C–N with tert-alkyl or cyclic N) is 1. The molecular formula is C64H77N10O12PS. The number of aliphatic hydroxyl groups excluding tert-OH is 1. The van der Waals surface area contributed by atoms with Crippen LogP contribution in [-0.4, -0.2) is 126 Å². The number of nitrogens with zero attached hydrogens (tertiary/aromatic N) is 3. The number of aromatic amines is 1. The summed E-state index contributed by atoms with van der Waals surface area (Å²) in [5.41, 5.74) is 13.7. The highest BCUT2D eigenvalue weighted by atomic mass is 32.1. The van der Waals surface area contributed by atoms with Gasteiger partial charge in [0.15, 0.2) is 0 Å². The molecule has 6 aromatic rings. The van der Waals surface area contributed by atoms with Gasteiger partial charge in [0.05, 0.1) is 28.2 Å². The minimum absolute atomic E-state index is 0.0436. The maximum atomic E-state index is 14.5. The van der Waals surface area contributed by atoms with E-state index in [1.54, 1.807) is 22.9 Å². The number of aromatic nitrogens is 2. The number of thiazole rings is 1. The van der Waals surface area contributed by atoms with Crippen LogP contribution in [0.3, 0.4) is 0 Å². The van der Waals surface area contributed by atoms with Crippen LogP contribution < -0.4 is 37.2 Å². The normalized spacial score (nSPS) is 18.4. The molecule has 11 N–H and O–H groups in total. The van der Waals surface area contributed by atoms with Gasteiger partial charge in [-0.1, -0.05) is 75.7 Å². The number of amides is 7. The summed E-state index contributed by atoms with van der Waals surface area (Å²) in [6.45, 7) is 11.4.